The Balaban J connectivity index is 2.08. The van der Waals surface area contributed by atoms with Crippen LogP contribution in [0.15, 0.2) is 52.3 Å². The number of aromatic carboxylic acids is 1. The molecule has 142 valence electrons. The fourth-order valence-electron chi connectivity index (χ4n) is 2.55. The van der Waals surface area contributed by atoms with Crippen molar-refractivity contribution in [3.05, 3.63) is 80.1 Å². The molecule has 1 aromatic heterocycles. The number of nitrogens with zero attached hydrogens (tertiary/aromatic N) is 2. The Morgan fingerprint density at radius 3 is 2.57 bits per heavy atom. The molecule has 0 radical (unpaired) electrons. The topological polar surface area (TPSA) is 111 Å². The highest BCUT2D eigenvalue weighted by Gasteiger charge is 2.13. The van der Waals surface area contributed by atoms with Gasteiger partial charge in [-0.3, -0.25) is 19.3 Å². The highest BCUT2D eigenvalue weighted by molar-refractivity contribution is 7.71. The molecule has 0 atom stereocenters. The third kappa shape index (κ3) is 3.74. The molecule has 7 nitrogen and oxygen atoms in total. The van der Waals surface area contributed by atoms with Gasteiger partial charge in [0.05, 0.1) is 17.3 Å². The Morgan fingerprint density at radius 1 is 1.29 bits per heavy atom. The molecule has 0 aliphatic rings. The van der Waals surface area contributed by atoms with E-state index in [4.69, 9.17) is 12.2 Å². The summed E-state index contributed by atoms with van der Waals surface area (Å²) in [4.78, 5) is 29.7. The number of hydrogen-bond acceptors (Lipinski definition) is 6. The van der Waals surface area contributed by atoms with E-state index in [0.717, 1.165) is 6.21 Å². The number of aromatic hydroxyl groups is 1. The molecule has 0 spiro atoms. The van der Waals surface area contributed by atoms with E-state index >= 15 is 0 Å². The van der Waals surface area contributed by atoms with Crippen molar-refractivity contribution in [1.82, 2.24) is 9.55 Å². The maximum Gasteiger partial charge on any atom is 0.264 e. The van der Waals surface area contributed by atoms with Gasteiger partial charge >= 0.3 is 0 Å². The van der Waals surface area contributed by atoms with E-state index in [2.05, 4.69) is 9.98 Å². The zero-order valence-corrected chi connectivity index (χ0v) is 15.3. The zero-order chi connectivity index (χ0) is 20.4. The van der Waals surface area contributed by atoms with Gasteiger partial charge in [0.15, 0.2) is 4.77 Å². The molecular formula is C19H13FN3O4S-. The first-order valence-electron chi connectivity index (χ1n) is 7.98. The van der Waals surface area contributed by atoms with Crippen LogP contribution in [0.3, 0.4) is 0 Å². The van der Waals surface area contributed by atoms with Crippen molar-refractivity contribution in [3.63, 3.8) is 0 Å². The van der Waals surface area contributed by atoms with Gasteiger partial charge in [-0.05, 0) is 66.7 Å². The van der Waals surface area contributed by atoms with Crippen LogP contribution in [0.5, 0.6) is 5.88 Å². The lowest BCUT2D eigenvalue weighted by molar-refractivity contribution is -0.255. The van der Waals surface area contributed by atoms with Crippen molar-refractivity contribution in [3.8, 4) is 11.6 Å². The maximum atomic E-state index is 13.2. The third-order valence-electron chi connectivity index (χ3n) is 3.97. The predicted octanol–water partition coefficient (Wildman–Crippen LogP) is 2.16. The number of rotatable bonds is 4. The minimum atomic E-state index is -1.31. The van der Waals surface area contributed by atoms with Crippen LogP contribution < -0.4 is 10.7 Å². The van der Waals surface area contributed by atoms with Crippen molar-refractivity contribution < 1.29 is 19.4 Å². The Morgan fingerprint density at radius 2 is 1.96 bits per heavy atom. The van der Waals surface area contributed by atoms with Crippen molar-refractivity contribution in [2.75, 3.05) is 0 Å². The number of carbonyl (C=O) groups is 1. The molecule has 0 bridgehead atoms. The van der Waals surface area contributed by atoms with E-state index in [1.54, 1.807) is 6.92 Å². The second-order valence-electron chi connectivity index (χ2n) is 5.86. The molecule has 2 aromatic carbocycles. The van der Waals surface area contributed by atoms with E-state index < -0.39 is 23.2 Å². The lowest BCUT2D eigenvalue weighted by atomic mass is 10.1. The van der Waals surface area contributed by atoms with Crippen LogP contribution >= 0.6 is 12.2 Å². The van der Waals surface area contributed by atoms with Crippen LogP contribution in [-0.4, -0.2) is 26.8 Å². The third-order valence-corrected chi connectivity index (χ3v) is 4.26. The second kappa shape index (κ2) is 7.57. The van der Waals surface area contributed by atoms with Gasteiger partial charge in [-0.25, -0.2) is 4.39 Å². The van der Waals surface area contributed by atoms with E-state index in [9.17, 15) is 24.2 Å². The predicted molar refractivity (Wildman–Crippen MR) is 102 cm³/mol. The summed E-state index contributed by atoms with van der Waals surface area (Å²) in [5, 5.41) is 21.4. The second-order valence-corrected chi connectivity index (χ2v) is 6.24. The fourth-order valence-corrected chi connectivity index (χ4v) is 2.83. The average Bonchev–Trinajstić information content (AvgIpc) is 2.63. The molecule has 3 aromatic rings. The average molecular weight is 398 g/mol. The van der Waals surface area contributed by atoms with Gasteiger partial charge in [0.2, 0.25) is 5.88 Å². The lowest BCUT2D eigenvalue weighted by Gasteiger charge is -2.11. The Hall–Kier alpha value is -3.59. The summed E-state index contributed by atoms with van der Waals surface area (Å²) in [6.07, 6.45) is 1.14. The summed E-state index contributed by atoms with van der Waals surface area (Å²) in [7, 11) is 0. The largest absolute Gasteiger partial charge is 0.545 e. The molecule has 2 N–H and O–H groups in total. The van der Waals surface area contributed by atoms with Crippen molar-refractivity contribution in [2.24, 2.45) is 4.99 Å². The first-order chi connectivity index (χ1) is 13.3. The SMILES string of the molecule is Cc1cc(C(=O)[O-])ccc1N=Cc1c(O)n(-c2ccc(F)cc2)c(=S)[nH]c1=O. The van der Waals surface area contributed by atoms with Crippen LogP contribution in [0.2, 0.25) is 0 Å². The Kier molecular flexibility index (Phi) is 5.18. The van der Waals surface area contributed by atoms with Gasteiger partial charge in [0.25, 0.3) is 5.56 Å². The number of hydrogen-bond donors (Lipinski definition) is 2. The normalized spacial score (nSPS) is 11.1. The molecule has 0 aliphatic heterocycles. The summed E-state index contributed by atoms with van der Waals surface area (Å²) >= 11 is 5.09. The number of benzene rings is 2. The summed E-state index contributed by atoms with van der Waals surface area (Å²) in [5.41, 5.74) is 0.473. The molecule has 3 rings (SSSR count). The fraction of sp³-hybridized carbons (Fsp3) is 0.0526. The summed E-state index contributed by atoms with van der Waals surface area (Å²) in [6.45, 7) is 1.65. The minimum absolute atomic E-state index is 0.00163. The van der Waals surface area contributed by atoms with Crippen LogP contribution in [0.1, 0.15) is 21.5 Å². The molecule has 28 heavy (non-hydrogen) atoms. The summed E-state index contributed by atoms with van der Waals surface area (Å²) < 4.78 is 14.3. The standard InChI is InChI=1S/C19H14FN3O4S/c1-10-8-11(18(26)27)2-7-15(10)21-9-14-16(24)22-19(28)23(17(14)25)13-5-3-12(20)4-6-13/h2-9,25H,1H3,(H,26,27)(H,22,24,28)/p-1. The van der Waals surface area contributed by atoms with Crippen molar-refractivity contribution in [1.29, 1.82) is 0 Å². The number of halogens is 1. The van der Waals surface area contributed by atoms with Gasteiger partial charge in [0.1, 0.15) is 11.4 Å². The highest BCUT2D eigenvalue weighted by Crippen LogP contribution is 2.22. The van der Waals surface area contributed by atoms with E-state index in [1.807, 2.05) is 0 Å². The van der Waals surface area contributed by atoms with Gasteiger partial charge in [-0.2, -0.15) is 0 Å². The molecule has 1 heterocycles. The van der Waals surface area contributed by atoms with Crippen LogP contribution in [0.25, 0.3) is 5.69 Å². The Labute approximate surface area is 163 Å². The molecule has 0 aliphatic carbocycles. The van der Waals surface area contributed by atoms with Crippen LogP contribution in [-0.2, 0) is 0 Å². The van der Waals surface area contributed by atoms with Gasteiger partial charge in [0, 0.05) is 6.21 Å². The van der Waals surface area contributed by atoms with Gasteiger partial charge in [-0.15, -0.1) is 0 Å². The maximum absolute atomic E-state index is 13.2. The minimum Gasteiger partial charge on any atom is -0.545 e. The molecule has 9 heteroatoms. The van der Waals surface area contributed by atoms with Gasteiger partial charge < -0.3 is 15.0 Å². The number of carboxylic acids is 1. The molecule has 0 saturated carbocycles. The molecule has 0 amide bonds. The number of aliphatic imine (C=N–C) groups is 1. The van der Waals surface area contributed by atoms with E-state index in [1.165, 1.54) is 47.0 Å². The van der Waals surface area contributed by atoms with Crippen LogP contribution in [0.4, 0.5) is 10.1 Å². The lowest BCUT2D eigenvalue weighted by Crippen LogP contribution is -2.22. The number of carboxylic acid groups (broad SMARTS) is 1. The number of H-pyrrole nitrogens is 1. The smallest absolute Gasteiger partial charge is 0.264 e. The molecule has 0 fully saturated rings. The van der Waals surface area contributed by atoms with Crippen LogP contribution in [0, 0.1) is 17.5 Å². The van der Waals surface area contributed by atoms with Crippen molar-refractivity contribution >= 4 is 30.1 Å². The van der Waals surface area contributed by atoms with E-state index in [0.29, 0.717) is 16.9 Å². The number of aromatic nitrogens is 2. The zero-order valence-electron chi connectivity index (χ0n) is 14.5. The molecular weight excluding hydrogens is 385 g/mol. The molecule has 0 unspecified atom stereocenters. The number of aromatic amines is 1. The quantitative estimate of drug-likeness (QED) is 0.517. The highest BCUT2D eigenvalue weighted by atomic mass is 32.1. The molecule has 0 saturated heterocycles. The number of carbonyl (C=O) groups excluding carboxylic acids is 1. The summed E-state index contributed by atoms with van der Waals surface area (Å²) in [5.74, 6) is -2.24. The van der Waals surface area contributed by atoms with Gasteiger partial charge in [-0.1, -0.05) is 6.07 Å². The number of nitrogens with one attached hydrogen (secondary N) is 1. The monoisotopic (exact) mass is 398 g/mol. The summed E-state index contributed by atoms with van der Waals surface area (Å²) in [6, 6.07) is 9.34. The van der Waals surface area contributed by atoms with Crippen molar-refractivity contribution in [2.45, 2.75) is 6.92 Å². The van der Waals surface area contributed by atoms with E-state index in [-0.39, 0.29) is 15.9 Å². The number of aryl methyl sites for hydroxylation is 1. The first kappa shape index (κ1) is 19.2. The first-order valence-corrected chi connectivity index (χ1v) is 8.39. The Bertz CT molecular complexity index is 1210.